The van der Waals surface area contributed by atoms with Crippen molar-refractivity contribution in [2.24, 2.45) is 11.8 Å². The van der Waals surface area contributed by atoms with Crippen LogP contribution in [0.1, 0.15) is 33.6 Å². The second-order valence-corrected chi connectivity index (χ2v) is 7.63. The average Bonchev–Trinajstić information content (AvgIpc) is 2.73. The standard InChI is InChI=1S/C25H28F8O2/c1-9-21(26)18(6)14(2)10-11-16(4)24(29,30)34-17(5)13-22(27)19(7)15(3)12-23(28)20(8)35-25(31,32)33/h9,12-14,16H,3,5-8,10-11H2,1-2,4H3/b21-9+,22-13+,23-12+. The molecule has 2 nitrogen and oxygen atoms in total. The van der Waals surface area contributed by atoms with Gasteiger partial charge in [-0.3, -0.25) is 0 Å². The van der Waals surface area contributed by atoms with E-state index >= 15 is 0 Å². The van der Waals surface area contributed by atoms with Crippen LogP contribution in [-0.2, 0) is 9.47 Å². The molecule has 0 saturated carbocycles. The first-order valence-electron chi connectivity index (χ1n) is 10.2. The topological polar surface area (TPSA) is 18.5 Å². The summed E-state index contributed by atoms with van der Waals surface area (Å²) in [6, 6.07) is 0. The van der Waals surface area contributed by atoms with Gasteiger partial charge < -0.3 is 9.47 Å². The van der Waals surface area contributed by atoms with E-state index in [1.54, 1.807) is 6.92 Å². The Balaban J connectivity index is 5.15. The molecule has 35 heavy (non-hydrogen) atoms. The van der Waals surface area contributed by atoms with Gasteiger partial charge in [-0.25, -0.2) is 13.2 Å². The number of hydrogen-bond acceptors (Lipinski definition) is 2. The highest BCUT2D eigenvalue weighted by Gasteiger charge is 2.39. The molecular formula is C25H28F8O2. The van der Waals surface area contributed by atoms with Gasteiger partial charge in [0.1, 0.15) is 17.4 Å². The molecule has 0 aromatic carbocycles. The summed E-state index contributed by atoms with van der Waals surface area (Å²) < 4.78 is 114. The molecule has 0 fully saturated rings. The van der Waals surface area contributed by atoms with E-state index in [0.717, 1.165) is 0 Å². The SMILES string of the molecule is C=C(/C=C(/F)C(=C)C(=C)/C=C(/F)C(=C)OC(F)(F)F)OC(F)(F)C(C)CCC(C)C(=C)/C(F)=C\C. The first kappa shape index (κ1) is 32.0. The predicted octanol–water partition coefficient (Wildman–Crippen LogP) is 9.46. The Morgan fingerprint density at radius 2 is 1.34 bits per heavy atom. The molecule has 0 amide bonds. The van der Waals surface area contributed by atoms with Crippen LogP contribution in [0.3, 0.4) is 0 Å². The van der Waals surface area contributed by atoms with Gasteiger partial charge in [0.2, 0.25) is 0 Å². The molecule has 10 heteroatoms. The smallest absolute Gasteiger partial charge is 0.433 e. The second kappa shape index (κ2) is 13.2. The maximum absolute atomic E-state index is 14.4. The van der Waals surface area contributed by atoms with E-state index in [9.17, 15) is 35.1 Å². The molecule has 0 radical (unpaired) electrons. The van der Waals surface area contributed by atoms with E-state index in [0.29, 0.717) is 12.2 Å². The normalized spacial score (nSPS) is 15.2. The molecule has 0 spiro atoms. The Morgan fingerprint density at radius 3 is 1.83 bits per heavy atom. The lowest BCUT2D eigenvalue weighted by molar-refractivity contribution is -0.304. The van der Waals surface area contributed by atoms with Crippen molar-refractivity contribution in [1.29, 1.82) is 0 Å². The van der Waals surface area contributed by atoms with Crippen LogP contribution in [0.15, 0.2) is 96.8 Å². The van der Waals surface area contributed by atoms with Crippen LogP contribution in [0.25, 0.3) is 0 Å². The van der Waals surface area contributed by atoms with Crippen LogP contribution in [-0.4, -0.2) is 12.5 Å². The lowest BCUT2D eigenvalue weighted by Gasteiger charge is -2.25. The third-order valence-corrected chi connectivity index (χ3v) is 4.80. The van der Waals surface area contributed by atoms with Crippen molar-refractivity contribution in [3.05, 3.63) is 96.8 Å². The molecular weight excluding hydrogens is 484 g/mol. The van der Waals surface area contributed by atoms with Crippen LogP contribution in [0.4, 0.5) is 35.1 Å². The summed E-state index contributed by atoms with van der Waals surface area (Å²) in [6.07, 6.45) is -6.86. The highest BCUT2D eigenvalue weighted by atomic mass is 19.4. The van der Waals surface area contributed by atoms with Crippen molar-refractivity contribution in [1.82, 2.24) is 0 Å². The molecule has 0 aromatic rings. The van der Waals surface area contributed by atoms with Gasteiger partial charge in [-0.2, -0.15) is 8.78 Å². The molecule has 0 saturated heterocycles. The fraction of sp³-hybridized carbons (Fsp3) is 0.360. The van der Waals surface area contributed by atoms with E-state index in [-0.39, 0.29) is 18.4 Å². The maximum Gasteiger partial charge on any atom is 0.573 e. The van der Waals surface area contributed by atoms with Gasteiger partial charge in [-0.05, 0) is 42.9 Å². The summed E-state index contributed by atoms with van der Waals surface area (Å²) in [6.45, 7) is 20.3. The van der Waals surface area contributed by atoms with Crippen LogP contribution >= 0.6 is 0 Å². The Labute approximate surface area is 200 Å². The summed E-state index contributed by atoms with van der Waals surface area (Å²) in [4.78, 5) is 0. The van der Waals surface area contributed by atoms with Gasteiger partial charge >= 0.3 is 12.5 Å². The molecule has 0 bridgehead atoms. The van der Waals surface area contributed by atoms with Gasteiger partial charge in [0, 0.05) is 11.6 Å². The summed E-state index contributed by atoms with van der Waals surface area (Å²) in [7, 11) is 0. The zero-order chi connectivity index (χ0) is 27.7. The summed E-state index contributed by atoms with van der Waals surface area (Å²) in [5.74, 6) is -7.43. The Bertz CT molecular complexity index is 936. The molecule has 0 aliphatic rings. The van der Waals surface area contributed by atoms with Gasteiger partial charge in [0.15, 0.2) is 11.6 Å². The largest absolute Gasteiger partial charge is 0.573 e. The minimum absolute atomic E-state index is 0.0822. The van der Waals surface area contributed by atoms with E-state index in [4.69, 9.17) is 0 Å². The van der Waals surface area contributed by atoms with Crippen molar-refractivity contribution in [3.63, 3.8) is 0 Å². The van der Waals surface area contributed by atoms with Gasteiger partial charge in [0.05, 0.1) is 5.92 Å². The molecule has 0 aromatic heterocycles. The zero-order valence-corrected chi connectivity index (χ0v) is 19.7. The van der Waals surface area contributed by atoms with E-state index in [1.807, 2.05) is 0 Å². The molecule has 196 valence electrons. The maximum atomic E-state index is 14.4. The Kier molecular flexibility index (Phi) is 12.0. The third-order valence-electron chi connectivity index (χ3n) is 4.80. The second-order valence-electron chi connectivity index (χ2n) is 7.63. The molecule has 2 atom stereocenters. The first-order chi connectivity index (χ1) is 15.8. The molecule has 0 N–H and O–H groups in total. The van der Waals surface area contributed by atoms with Gasteiger partial charge in [0.25, 0.3) is 0 Å². The summed E-state index contributed by atoms with van der Waals surface area (Å²) >= 11 is 0. The van der Waals surface area contributed by atoms with E-state index < -0.39 is 64.5 Å². The lowest BCUT2D eigenvalue weighted by Crippen LogP contribution is -2.29. The monoisotopic (exact) mass is 512 g/mol. The van der Waals surface area contributed by atoms with E-state index in [2.05, 4.69) is 42.4 Å². The minimum atomic E-state index is -5.20. The van der Waals surface area contributed by atoms with Crippen LogP contribution in [0.2, 0.25) is 0 Å². The number of alkyl halides is 5. The van der Waals surface area contributed by atoms with Crippen molar-refractivity contribution < 1.29 is 44.6 Å². The van der Waals surface area contributed by atoms with Crippen molar-refractivity contribution >= 4 is 0 Å². The van der Waals surface area contributed by atoms with Gasteiger partial charge in [-0.15, -0.1) is 13.2 Å². The number of rotatable bonds is 14. The number of allylic oxidation sites excluding steroid dienone is 9. The van der Waals surface area contributed by atoms with Crippen LogP contribution in [0.5, 0.6) is 0 Å². The predicted molar refractivity (Wildman–Crippen MR) is 120 cm³/mol. The zero-order valence-electron chi connectivity index (χ0n) is 19.7. The lowest BCUT2D eigenvalue weighted by atomic mass is 9.92. The number of ether oxygens (including phenoxy) is 2. The summed E-state index contributed by atoms with van der Waals surface area (Å²) in [5, 5.41) is 0. The minimum Gasteiger partial charge on any atom is -0.433 e. The molecule has 0 aliphatic heterocycles. The number of halogens is 8. The van der Waals surface area contributed by atoms with Crippen LogP contribution < -0.4 is 0 Å². The number of hydrogen-bond donors (Lipinski definition) is 0. The molecule has 0 heterocycles. The highest BCUT2D eigenvalue weighted by Crippen LogP contribution is 2.35. The van der Waals surface area contributed by atoms with Gasteiger partial charge in [-0.1, -0.05) is 52.8 Å². The Morgan fingerprint density at radius 1 is 0.800 bits per heavy atom. The van der Waals surface area contributed by atoms with E-state index in [1.165, 1.54) is 19.9 Å². The molecule has 2 unspecified atom stereocenters. The fourth-order valence-electron chi connectivity index (χ4n) is 2.46. The summed E-state index contributed by atoms with van der Waals surface area (Å²) in [5.41, 5.74) is -0.991. The molecule has 0 aliphatic carbocycles. The third kappa shape index (κ3) is 11.3. The van der Waals surface area contributed by atoms with Crippen molar-refractivity contribution in [2.75, 3.05) is 0 Å². The van der Waals surface area contributed by atoms with Crippen LogP contribution in [0, 0.1) is 11.8 Å². The quantitative estimate of drug-likeness (QED) is 0.131. The average molecular weight is 512 g/mol. The first-order valence-corrected chi connectivity index (χ1v) is 10.2. The fourth-order valence-corrected chi connectivity index (χ4v) is 2.46. The molecule has 0 rings (SSSR count). The van der Waals surface area contributed by atoms with Crippen molar-refractivity contribution in [2.45, 2.75) is 46.1 Å². The Hall–Kier alpha value is -3.04. The highest BCUT2D eigenvalue weighted by molar-refractivity contribution is 5.48. The van der Waals surface area contributed by atoms with Crippen molar-refractivity contribution in [3.8, 4) is 0 Å².